The van der Waals surface area contributed by atoms with Crippen LogP contribution < -0.4 is 5.32 Å². The van der Waals surface area contributed by atoms with Crippen molar-refractivity contribution in [3.8, 4) is 11.4 Å². The number of thioether (sulfide) groups is 1. The van der Waals surface area contributed by atoms with E-state index in [4.69, 9.17) is 23.2 Å². The van der Waals surface area contributed by atoms with Gasteiger partial charge in [0.2, 0.25) is 5.16 Å². The lowest BCUT2D eigenvalue weighted by molar-refractivity contribution is 0.204. The first-order valence-corrected chi connectivity index (χ1v) is 9.40. The summed E-state index contributed by atoms with van der Waals surface area (Å²) in [7, 11) is 0. The number of hydrogen-bond acceptors (Lipinski definition) is 5. The van der Waals surface area contributed by atoms with Gasteiger partial charge in [-0.1, -0.05) is 53.2 Å². The summed E-state index contributed by atoms with van der Waals surface area (Å²) in [6.07, 6.45) is -0.722. The van der Waals surface area contributed by atoms with E-state index in [0.717, 1.165) is 17.1 Å². The summed E-state index contributed by atoms with van der Waals surface area (Å²) >= 11 is 13.4. The SMILES string of the molecule is O[C@H](CSc1nc2n(n1)CNc1ccccc1-2)c1ccc(Cl)cc1Cl. The number of benzene rings is 2. The van der Waals surface area contributed by atoms with Gasteiger partial charge in [-0.15, -0.1) is 5.10 Å². The molecular formula is C17H14Cl2N4OS. The third-order valence-corrected chi connectivity index (χ3v) is 5.41. The molecule has 0 radical (unpaired) electrons. The van der Waals surface area contributed by atoms with E-state index in [0.29, 0.717) is 33.2 Å². The van der Waals surface area contributed by atoms with Gasteiger partial charge in [0.1, 0.15) is 6.67 Å². The lowest BCUT2D eigenvalue weighted by Crippen LogP contribution is -2.16. The molecule has 0 saturated heterocycles. The minimum absolute atomic E-state index is 0.403. The summed E-state index contributed by atoms with van der Waals surface area (Å²) in [6, 6.07) is 13.1. The lowest BCUT2D eigenvalue weighted by atomic mass is 10.1. The highest BCUT2D eigenvalue weighted by Crippen LogP contribution is 2.33. The van der Waals surface area contributed by atoms with Crippen LogP contribution in [0.3, 0.4) is 0 Å². The molecule has 128 valence electrons. The molecule has 2 heterocycles. The van der Waals surface area contributed by atoms with Crippen LogP contribution in [0.4, 0.5) is 5.69 Å². The van der Waals surface area contributed by atoms with Gasteiger partial charge in [-0.05, 0) is 24.3 Å². The van der Waals surface area contributed by atoms with Gasteiger partial charge >= 0.3 is 0 Å². The second-order valence-corrected chi connectivity index (χ2v) is 7.42. The number of nitrogens with one attached hydrogen (secondary N) is 1. The summed E-state index contributed by atoms with van der Waals surface area (Å²) in [6.45, 7) is 0.575. The Balaban J connectivity index is 1.51. The minimum atomic E-state index is -0.722. The molecule has 0 fully saturated rings. The average Bonchev–Trinajstić information content (AvgIpc) is 3.03. The molecule has 1 atom stereocenters. The van der Waals surface area contributed by atoms with E-state index in [-0.39, 0.29) is 0 Å². The van der Waals surface area contributed by atoms with Crippen molar-refractivity contribution in [1.29, 1.82) is 0 Å². The van der Waals surface area contributed by atoms with Crippen LogP contribution in [0.15, 0.2) is 47.6 Å². The van der Waals surface area contributed by atoms with E-state index >= 15 is 0 Å². The van der Waals surface area contributed by atoms with E-state index in [9.17, 15) is 5.11 Å². The highest BCUT2D eigenvalue weighted by molar-refractivity contribution is 7.99. The van der Waals surface area contributed by atoms with E-state index in [1.165, 1.54) is 11.8 Å². The standard InChI is InChI=1S/C17H14Cl2N4OS/c18-10-5-6-11(13(19)7-10)15(24)8-25-17-21-16-12-3-1-2-4-14(12)20-9-23(16)22-17/h1-7,15,20,24H,8-9H2/t15-/m1/s1. The van der Waals surface area contributed by atoms with Gasteiger partial charge in [-0.2, -0.15) is 0 Å². The van der Waals surface area contributed by atoms with Crippen molar-refractivity contribution >= 4 is 40.7 Å². The number of rotatable bonds is 4. The van der Waals surface area contributed by atoms with Crippen LogP contribution in [0.5, 0.6) is 0 Å². The van der Waals surface area contributed by atoms with Crippen molar-refractivity contribution in [1.82, 2.24) is 14.8 Å². The number of aliphatic hydroxyl groups excluding tert-OH is 1. The van der Waals surface area contributed by atoms with E-state index < -0.39 is 6.10 Å². The number of fused-ring (bicyclic) bond motifs is 3. The molecular weight excluding hydrogens is 379 g/mol. The average molecular weight is 393 g/mol. The quantitative estimate of drug-likeness (QED) is 0.641. The highest BCUT2D eigenvalue weighted by atomic mass is 35.5. The number of aromatic nitrogens is 3. The van der Waals surface area contributed by atoms with Crippen molar-refractivity contribution < 1.29 is 5.11 Å². The minimum Gasteiger partial charge on any atom is -0.387 e. The monoisotopic (exact) mass is 392 g/mol. The molecule has 2 aromatic carbocycles. The molecule has 1 aliphatic heterocycles. The Labute approximate surface area is 159 Å². The number of para-hydroxylation sites is 1. The Morgan fingerprint density at radius 3 is 2.92 bits per heavy atom. The van der Waals surface area contributed by atoms with Gasteiger partial charge in [0.05, 0.1) is 6.10 Å². The summed E-state index contributed by atoms with van der Waals surface area (Å²) in [5.41, 5.74) is 2.72. The van der Waals surface area contributed by atoms with Crippen LogP contribution >= 0.6 is 35.0 Å². The smallest absolute Gasteiger partial charge is 0.209 e. The molecule has 0 bridgehead atoms. The first-order valence-electron chi connectivity index (χ1n) is 7.66. The molecule has 0 unspecified atom stereocenters. The first kappa shape index (κ1) is 16.7. The van der Waals surface area contributed by atoms with Crippen LogP contribution in [-0.4, -0.2) is 25.6 Å². The predicted octanol–water partition coefficient (Wildman–Crippen LogP) is 4.46. The van der Waals surface area contributed by atoms with E-state index in [1.807, 2.05) is 28.9 Å². The molecule has 3 aromatic rings. The topological polar surface area (TPSA) is 63.0 Å². The van der Waals surface area contributed by atoms with Gasteiger partial charge in [0.25, 0.3) is 0 Å². The van der Waals surface area contributed by atoms with Crippen molar-refractivity contribution in [2.45, 2.75) is 17.9 Å². The van der Waals surface area contributed by atoms with Crippen molar-refractivity contribution in [2.75, 3.05) is 11.1 Å². The molecule has 0 aliphatic carbocycles. The fraction of sp³-hybridized carbons (Fsp3) is 0.176. The largest absolute Gasteiger partial charge is 0.387 e. The maximum absolute atomic E-state index is 10.4. The van der Waals surface area contributed by atoms with Crippen LogP contribution in [0, 0.1) is 0 Å². The molecule has 4 rings (SSSR count). The predicted molar refractivity (Wildman–Crippen MR) is 101 cm³/mol. The van der Waals surface area contributed by atoms with Gasteiger partial charge < -0.3 is 10.4 Å². The van der Waals surface area contributed by atoms with Gasteiger partial charge in [-0.3, -0.25) is 0 Å². The molecule has 0 saturated carbocycles. The molecule has 0 spiro atoms. The highest BCUT2D eigenvalue weighted by Gasteiger charge is 2.20. The third kappa shape index (κ3) is 3.35. The Bertz CT molecular complexity index is 931. The number of halogens is 2. The lowest BCUT2D eigenvalue weighted by Gasteiger charge is -2.17. The summed E-state index contributed by atoms with van der Waals surface area (Å²) in [5.74, 6) is 1.23. The zero-order valence-electron chi connectivity index (χ0n) is 13.0. The molecule has 5 nitrogen and oxygen atoms in total. The Morgan fingerprint density at radius 2 is 2.08 bits per heavy atom. The van der Waals surface area contributed by atoms with Crippen LogP contribution in [-0.2, 0) is 6.67 Å². The number of aliphatic hydroxyl groups is 1. The number of anilines is 1. The van der Waals surface area contributed by atoms with Crippen molar-refractivity contribution in [3.63, 3.8) is 0 Å². The summed E-state index contributed by atoms with van der Waals surface area (Å²) < 4.78 is 1.83. The summed E-state index contributed by atoms with van der Waals surface area (Å²) in [4.78, 5) is 4.60. The maximum atomic E-state index is 10.4. The van der Waals surface area contributed by atoms with E-state index in [1.54, 1.807) is 18.2 Å². The molecule has 1 aromatic heterocycles. The van der Waals surface area contributed by atoms with Gasteiger partial charge in [0.15, 0.2) is 5.82 Å². The Kier molecular flexibility index (Phi) is 4.60. The fourth-order valence-electron chi connectivity index (χ4n) is 2.70. The van der Waals surface area contributed by atoms with Gasteiger partial charge in [0, 0.05) is 32.6 Å². The van der Waals surface area contributed by atoms with Crippen molar-refractivity contribution in [2.24, 2.45) is 0 Å². The second kappa shape index (κ2) is 6.88. The molecule has 8 heteroatoms. The normalized spacial score (nSPS) is 13.7. The third-order valence-electron chi connectivity index (χ3n) is 3.93. The second-order valence-electron chi connectivity index (χ2n) is 5.59. The zero-order chi connectivity index (χ0) is 17.4. The van der Waals surface area contributed by atoms with Crippen LogP contribution in [0.2, 0.25) is 10.0 Å². The Morgan fingerprint density at radius 1 is 1.24 bits per heavy atom. The molecule has 0 amide bonds. The molecule has 25 heavy (non-hydrogen) atoms. The maximum Gasteiger partial charge on any atom is 0.209 e. The molecule has 2 N–H and O–H groups in total. The Hall–Kier alpha value is -1.73. The molecule has 1 aliphatic rings. The fourth-order valence-corrected chi connectivity index (χ4v) is 4.03. The number of nitrogens with zero attached hydrogens (tertiary/aromatic N) is 3. The summed E-state index contributed by atoms with van der Waals surface area (Å²) in [5, 5.41) is 19.8. The van der Waals surface area contributed by atoms with E-state index in [2.05, 4.69) is 15.4 Å². The first-order chi connectivity index (χ1) is 12.1. The van der Waals surface area contributed by atoms with Crippen LogP contribution in [0.1, 0.15) is 11.7 Å². The zero-order valence-corrected chi connectivity index (χ0v) is 15.3. The van der Waals surface area contributed by atoms with Crippen molar-refractivity contribution in [3.05, 3.63) is 58.1 Å². The van der Waals surface area contributed by atoms with Gasteiger partial charge in [-0.25, -0.2) is 9.67 Å². The van der Waals surface area contributed by atoms with Crippen LogP contribution in [0.25, 0.3) is 11.4 Å². The number of hydrogen-bond donors (Lipinski definition) is 2.